The summed E-state index contributed by atoms with van der Waals surface area (Å²) in [4.78, 5) is 17.2. The Hall–Kier alpha value is -1.43. The van der Waals surface area contributed by atoms with Gasteiger partial charge in [-0.25, -0.2) is 0 Å². The summed E-state index contributed by atoms with van der Waals surface area (Å²) in [5, 5.41) is 5.09. The number of nitrogens with one attached hydrogen (secondary N) is 1. The van der Waals surface area contributed by atoms with Gasteiger partial charge in [-0.1, -0.05) is 30.3 Å². The second-order valence-corrected chi connectivity index (χ2v) is 5.02. The lowest BCUT2D eigenvalue weighted by Crippen LogP contribution is -2.51. The standard InChI is InChI=1S/C15H22N2O3/c1-17(20-11-12-6-4-3-5-7-12)13-8-9-14(16-10-13)15(18)19-2/h3-7,13-14,16H,8-11H2,1-2H3/t13?,14-/m0/s1. The summed E-state index contributed by atoms with van der Waals surface area (Å²) in [5.74, 6) is -0.184. The smallest absolute Gasteiger partial charge is 0.322 e. The van der Waals surface area contributed by atoms with Gasteiger partial charge in [-0.15, -0.1) is 0 Å². The third-order valence-corrected chi connectivity index (χ3v) is 3.67. The zero-order valence-electron chi connectivity index (χ0n) is 12.0. The number of hydrogen-bond donors (Lipinski definition) is 1. The van der Waals surface area contributed by atoms with Gasteiger partial charge in [0.15, 0.2) is 0 Å². The normalized spacial score (nSPS) is 22.8. The van der Waals surface area contributed by atoms with Crippen LogP contribution in [0.25, 0.3) is 0 Å². The molecule has 1 aliphatic heterocycles. The summed E-state index contributed by atoms with van der Waals surface area (Å²) in [5.41, 5.74) is 1.15. The number of hydrogen-bond acceptors (Lipinski definition) is 5. The van der Waals surface area contributed by atoms with E-state index in [1.54, 1.807) is 0 Å². The van der Waals surface area contributed by atoms with Crippen LogP contribution in [-0.2, 0) is 21.0 Å². The first kappa shape index (κ1) is 15.0. The maximum atomic E-state index is 11.4. The van der Waals surface area contributed by atoms with Gasteiger partial charge in [-0.05, 0) is 18.4 Å². The van der Waals surface area contributed by atoms with Gasteiger partial charge in [-0.2, -0.15) is 5.06 Å². The number of carbonyl (C=O) groups excluding carboxylic acids is 1. The number of hydroxylamine groups is 2. The van der Waals surface area contributed by atoms with Gasteiger partial charge in [0.2, 0.25) is 0 Å². The van der Waals surface area contributed by atoms with Crippen LogP contribution in [0.15, 0.2) is 30.3 Å². The molecule has 1 unspecified atom stereocenters. The molecule has 5 heteroatoms. The molecule has 1 aliphatic rings. The zero-order chi connectivity index (χ0) is 14.4. The van der Waals surface area contributed by atoms with Crippen molar-refractivity contribution in [1.29, 1.82) is 0 Å². The fourth-order valence-corrected chi connectivity index (χ4v) is 2.35. The van der Waals surface area contributed by atoms with E-state index in [1.165, 1.54) is 7.11 Å². The molecule has 1 aromatic carbocycles. The Morgan fingerprint density at radius 2 is 2.10 bits per heavy atom. The van der Waals surface area contributed by atoms with Crippen LogP contribution in [0, 0.1) is 0 Å². The highest BCUT2D eigenvalue weighted by Crippen LogP contribution is 2.15. The molecule has 1 N–H and O–H groups in total. The van der Waals surface area contributed by atoms with Crippen LogP contribution in [0.1, 0.15) is 18.4 Å². The van der Waals surface area contributed by atoms with E-state index in [-0.39, 0.29) is 18.1 Å². The number of piperidine rings is 1. The lowest BCUT2D eigenvalue weighted by Gasteiger charge is -2.33. The lowest BCUT2D eigenvalue weighted by atomic mass is 10.0. The van der Waals surface area contributed by atoms with Gasteiger partial charge in [0.25, 0.3) is 0 Å². The molecule has 1 heterocycles. The highest BCUT2D eigenvalue weighted by atomic mass is 16.7. The summed E-state index contributed by atoms with van der Waals surface area (Å²) in [6, 6.07) is 10.2. The van der Waals surface area contributed by atoms with Crippen LogP contribution in [-0.4, -0.2) is 43.8 Å². The van der Waals surface area contributed by atoms with E-state index in [1.807, 2.05) is 42.4 Å². The van der Waals surface area contributed by atoms with E-state index in [9.17, 15) is 4.79 Å². The molecular formula is C15H22N2O3. The van der Waals surface area contributed by atoms with E-state index in [4.69, 9.17) is 9.57 Å². The molecule has 0 saturated carbocycles. The Kier molecular flexibility index (Phi) is 5.52. The van der Waals surface area contributed by atoms with Crippen LogP contribution < -0.4 is 5.32 Å². The minimum atomic E-state index is -0.184. The van der Waals surface area contributed by atoms with Crippen molar-refractivity contribution in [2.24, 2.45) is 0 Å². The van der Waals surface area contributed by atoms with Crippen LogP contribution in [0.2, 0.25) is 0 Å². The van der Waals surface area contributed by atoms with Crippen molar-refractivity contribution in [2.45, 2.75) is 31.5 Å². The predicted molar refractivity (Wildman–Crippen MR) is 75.8 cm³/mol. The molecule has 110 valence electrons. The van der Waals surface area contributed by atoms with Crippen molar-refractivity contribution < 1.29 is 14.4 Å². The fraction of sp³-hybridized carbons (Fsp3) is 0.533. The van der Waals surface area contributed by atoms with Gasteiger partial charge in [-0.3, -0.25) is 9.63 Å². The second kappa shape index (κ2) is 7.38. The number of esters is 1. The SMILES string of the molecule is COC(=O)[C@@H]1CCC(N(C)OCc2ccccc2)CN1. The average molecular weight is 278 g/mol. The maximum Gasteiger partial charge on any atom is 0.322 e. The summed E-state index contributed by atoms with van der Waals surface area (Å²) >= 11 is 0. The zero-order valence-corrected chi connectivity index (χ0v) is 12.0. The minimum Gasteiger partial charge on any atom is -0.468 e. The fourth-order valence-electron chi connectivity index (χ4n) is 2.35. The van der Waals surface area contributed by atoms with E-state index in [0.717, 1.165) is 24.9 Å². The van der Waals surface area contributed by atoms with Gasteiger partial charge in [0, 0.05) is 19.6 Å². The first-order valence-electron chi connectivity index (χ1n) is 6.91. The van der Waals surface area contributed by atoms with E-state index < -0.39 is 0 Å². The molecule has 0 bridgehead atoms. The van der Waals surface area contributed by atoms with E-state index >= 15 is 0 Å². The molecule has 0 amide bonds. The minimum absolute atomic E-state index is 0.182. The largest absolute Gasteiger partial charge is 0.468 e. The number of rotatable bonds is 5. The molecule has 5 nitrogen and oxygen atoms in total. The number of likely N-dealkylation sites (N-methyl/N-ethyl adjacent to an activating group) is 1. The predicted octanol–water partition coefficient (Wildman–Crippen LogP) is 1.34. The summed E-state index contributed by atoms with van der Waals surface area (Å²) < 4.78 is 4.74. The highest BCUT2D eigenvalue weighted by Gasteiger charge is 2.28. The Morgan fingerprint density at radius 3 is 2.70 bits per heavy atom. The Balaban J connectivity index is 1.74. The number of ether oxygens (including phenoxy) is 1. The first-order chi connectivity index (χ1) is 9.70. The van der Waals surface area contributed by atoms with Gasteiger partial charge in [0.1, 0.15) is 6.04 Å². The average Bonchev–Trinajstić information content (AvgIpc) is 2.53. The van der Waals surface area contributed by atoms with Crippen LogP contribution in [0.4, 0.5) is 0 Å². The van der Waals surface area contributed by atoms with Crippen molar-refractivity contribution in [3.63, 3.8) is 0 Å². The van der Waals surface area contributed by atoms with Crippen LogP contribution >= 0.6 is 0 Å². The molecule has 0 aliphatic carbocycles. The topological polar surface area (TPSA) is 50.8 Å². The number of nitrogens with zero attached hydrogens (tertiary/aromatic N) is 1. The Bertz CT molecular complexity index is 416. The summed E-state index contributed by atoms with van der Waals surface area (Å²) in [6.45, 7) is 1.29. The number of methoxy groups -OCH3 is 1. The quantitative estimate of drug-likeness (QED) is 0.651. The van der Waals surface area contributed by atoms with Crippen molar-refractivity contribution in [3.8, 4) is 0 Å². The molecule has 2 rings (SSSR count). The summed E-state index contributed by atoms with van der Waals surface area (Å²) in [6.07, 6.45) is 1.69. The van der Waals surface area contributed by atoms with Crippen molar-refractivity contribution in [2.75, 3.05) is 20.7 Å². The van der Waals surface area contributed by atoms with Crippen molar-refractivity contribution in [1.82, 2.24) is 10.4 Å². The Labute approximate surface area is 119 Å². The monoisotopic (exact) mass is 278 g/mol. The third kappa shape index (κ3) is 4.03. The molecule has 20 heavy (non-hydrogen) atoms. The Morgan fingerprint density at radius 1 is 1.35 bits per heavy atom. The maximum absolute atomic E-state index is 11.4. The second-order valence-electron chi connectivity index (χ2n) is 5.02. The molecular weight excluding hydrogens is 256 g/mol. The number of carbonyl (C=O) groups is 1. The van der Waals surface area contributed by atoms with Crippen molar-refractivity contribution in [3.05, 3.63) is 35.9 Å². The van der Waals surface area contributed by atoms with Crippen LogP contribution in [0.3, 0.4) is 0 Å². The van der Waals surface area contributed by atoms with Crippen LogP contribution in [0.5, 0.6) is 0 Å². The highest BCUT2D eigenvalue weighted by molar-refractivity contribution is 5.75. The molecule has 1 saturated heterocycles. The first-order valence-corrected chi connectivity index (χ1v) is 6.91. The van der Waals surface area contributed by atoms with Gasteiger partial charge < -0.3 is 10.1 Å². The molecule has 0 spiro atoms. The summed E-state index contributed by atoms with van der Waals surface area (Å²) in [7, 11) is 3.36. The van der Waals surface area contributed by atoms with Crippen molar-refractivity contribution >= 4 is 5.97 Å². The van der Waals surface area contributed by atoms with E-state index in [0.29, 0.717) is 6.61 Å². The molecule has 1 aromatic rings. The van der Waals surface area contributed by atoms with Gasteiger partial charge >= 0.3 is 5.97 Å². The molecule has 2 atom stereocenters. The number of benzene rings is 1. The van der Waals surface area contributed by atoms with E-state index in [2.05, 4.69) is 5.32 Å². The third-order valence-electron chi connectivity index (χ3n) is 3.67. The van der Waals surface area contributed by atoms with Gasteiger partial charge in [0.05, 0.1) is 13.7 Å². The molecule has 1 fully saturated rings. The molecule has 0 aromatic heterocycles. The molecule has 0 radical (unpaired) electrons. The lowest BCUT2D eigenvalue weighted by molar-refractivity contribution is -0.183.